The number of aliphatic hydroxyl groups is 1. The summed E-state index contributed by atoms with van der Waals surface area (Å²) in [6.45, 7) is 29.3. The maximum atomic E-state index is 15.2. The van der Waals surface area contributed by atoms with Crippen molar-refractivity contribution in [1.29, 1.82) is 0 Å². The monoisotopic (exact) mass is 1010 g/mol. The van der Waals surface area contributed by atoms with Crippen LogP contribution in [0.4, 0.5) is 0 Å². The number of nitrogens with one attached hydrogen (secondary N) is 1. The molecule has 1 fully saturated rings. The van der Waals surface area contributed by atoms with E-state index >= 15 is 4.79 Å². The Bertz CT molecular complexity index is 2470. The van der Waals surface area contributed by atoms with Gasteiger partial charge < -0.3 is 24.8 Å². The lowest BCUT2D eigenvalue weighted by Crippen LogP contribution is -2.36. The molecule has 1 amide bonds. The van der Waals surface area contributed by atoms with Crippen LogP contribution in [0.3, 0.4) is 0 Å². The third-order valence-electron chi connectivity index (χ3n) is 15.7. The van der Waals surface area contributed by atoms with Crippen molar-refractivity contribution in [1.82, 2.24) is 10.2 Å². The van der Waals surface area contributed by atoms with Crippen LogP contribution >= 0.6 is 0 Å². The van der Waals surface area contributed by atoms with E-state index in [0.717, 1.165) is 84.8 Å². The Balaban J connectivity index is 1.49. The number of esters is 2. The summed E-state index contributed by atoms with van der Waals surface area (Å²) in [4.78, 5) is 60.0. The minimum absolute atomic E-state index is 0.141. The van der Waals surface area contributed by atoms with Gasteiger partial charge in [0.15, 0.2) is 0 Å². The highest BCUT2D eigenvalue weighted by molar-refractivity contribution is 6.31. The molecular formula is C63H91N5O6. The average Bonchev–Trinajstić information content (AvgIpc) is 4.07. The summed E-state index contributed by atoms with van der Waals surface area (Å²) in [5, 5.41) is 14.4. The minimum Gasteiger partial charge on any atom is -0.515 e. The number of hydrogen-bond donors (Lipinski definition) is 2. The van der Waals surface area contributed by atoms with Crippen LogP contribution in [-0.4, -0.2) is 71.8 Å². The lowest BCUT2D eigenvalue weighted by molar-refractivity contribution is -0.143. The Morgan fingerprint density at radius 3 is 2.08 bits per heavy atom. The average molecular weight is 1010 g/mol. The van der Waals surface area contributed by atoms with Gasteiger partial charge in [-0.05, 0) is 118 Å². The van der Waals surface area contributed by atoms with E-state index < -0.39 is 5.97 Å². The highest BCUT2D eigenvalue weighted by atomic mass is 16.5. The van der Waals surface area contributed by atoms with E-state index in [1.54, 1.807) is 6.08 Å². The number of hydrogen-bond acceptors (Lipinski definition) is 10. The molecule has 8 bridgehead atoms. The van der Waals surface area contributed by atoms with Crippen LogP contribution in [0.25, 0.3) is 0 Å². The molecule has 11 nitrogen and oxygen atoms in total. The van der Waals surface area contributed by atoms with Crippen molar-refractivity contribution in [2.45, 2.75) is 185 Å². The largest absolute Gasteiger partial charge is 0.515 e. The Morgan fingerprint density at radius 2 is 1.47 bits per heavy atom. The number of nitrogens with zero attached hydrogens (tertiary/aromatic N) is 4. The maximum Gasteiger partial charge on any atom is 0.310 e. The van der Waals surface area contributed by atoms with Crippen molar-refractivity contribution in [3.8, 4) is 0 Å². The van der Waals surface area contributed by atoms with Gasteiger partial charge in [-0.3, -0.25) is 14.4 Å². The quantitative estimate of drug-likeness (QED) is 0.0451. The standard InChI is InChI=1S/C63H91N5O6/c1-14-18-32-68(33-19-15-2)63(72)60-46(12)54-37-56-48(17-4)51(39-69)57(65-56)38-55-47(16-3)44(10)52(64-55)36-53-45(11)49(61(66-53)50(62(60)67-54)35-59(71)73-13)29-30-58(70)74-34-31-43(9)28-22-27-42(8)26-21-25-41(7)24-20-23-40(5)6/h16,31,36-42,45,49,66,69H,3,14-15,17-30,32-35H2,1-2,4-13H3/b43-31?,51-39+,53-36?,54-37?,55-38?,61-50?. The molecular weight excluding hydrogens is 923 g/mol. The number of aliphatic imine (C=N–C) groups is 3. The lowest BCUT2D eigenvalue weighted by atomic mass is 9.84. The molecule has 74 heavy (non-hydrogen) atoms. The van der Waals surface area contributed by atoms with E-state index in [2.05, 4.69) is 67.3 Å². The van der Waals surface area contributed by atoms with Gasteiger partial charge in [0.2, 0.25) is 0 Å². The molecule has 404 valence electrons. The van der Waals surface area contributed by atoms with Crippen LogP contribution in [-0.2, 0) is 23.9 Å². The zero-order chi connectivity index (χ0) is 54.1. The SMILES string of the molecule is C=CC1=C(C)C2=NC1=CC1=NC(=C(CC)/C1=C\O)C=C1N=C(C(CC(=O)OC)=C3NC(=C2)C(C)C3CCC(=O)OCC=C(C)CCCC(C)CCCC(C)CCCC(C)C)C(C(=O)N(CCCC)CCCC)=C1C. The first-order valence-corrected chi connectivity index (χ1v) is 28.2. The molecule has 5 aliphatic heterocycles. The number of aliphatic hydroxyl groups excluding tert-OH is 1. The summed E-state index contributed by atoms with van der Waals surface area (Å²) in [5.74, 6) is 0.897. The van der Waals surface area contributed by atoms with Crippen molar-refractivity contribution in [2.75, 3.05) is 26.8 Å². The van der Waals surface area contributed by atoms with Crippen LogP contribution in [0.15, 0.2) is 131 Å². The number of rotatable bonds is 28. The van der Waals surface area contributed by atoms with E-state index in [0.29, 0.717) is 88.4 Å². The minimum atomic E-state index is -0.484. The van der Waals surface area contributed by atoms with Crippen LogP contribution < -0.4 is 5.32 Å². The van der Waals surface area contributed by atoms with Crippen molar-refractivity contribution < 1.29 is 29.0 Å². The summed E-state index contributed by atoms with van der Waals surface area (Å²) in [6.07, 6.45) is 26.4. The van der Waals surface area contributed by atoms with Crippen molar-refractivity contribution >= 4 is 35.0 Å². The lowest BCUT2D eigenvalue weighted by Gasteiger charge is -2.25. The molecule has 2 N–H and O–H groups in total. The molecule has 4 atom stereocenters. The van der Waals surface area contributed by atoms with E-state index in [1.165, 1.54) is 57.6 Å². The second-order valence-corrected chi connectivity index (χ2v) is 21.9. The first-order chi connectivity index (χ1) is 35.5. The number of amides is 1. The number of unbranched alkanes of at least 4 members (excludes halogenated alkanes) is 2. The van der Waals surface area contributed by atoms with Crippen molar-refractivity contribution in [3.05, 3.63) is 116 Å². The van der Waals surface area contributed by atoms with E-state index in [-0.39, 0.29) is 43.2 Å². The first-order valence-electron chi connectivity index (χ1n) is 28.2. The smallest absolute Gasteiger partial charge is 0.310 e. The van der Waals surface area contributed by atoms with E-state index in [4.69, 9.17) is 24.5 Å². The zero-order valence-electron chi connectivity index (χ0n) is 47.5. The summed E-state index contributed by atoms with van der Waals surface area (Å²) >= 11 is 0. The number of carbonyl (C=O) groups is 3. The van der Waals surface area contributed by atoms with Gasteiger partial charge in [-0.15, -0.1) is 0 Å². The molecule has 4 unspecified atom stereocenters. The molecule has 0 spiro atoms. The highest BCUT2D eigenvalue weighted by Crippen LogP contribution is 2.43. The number of allylic oxidation sites excluding steroid dienone is 11. The molecule has 0 aliphatic carbocycles. The number of carbonyl (C=O) groups excluding carboxylic acids is 3. The fraction of sp³-hybridized carbons (Fsp3) is 0.587. The highest BCUT2D eigenvalue weighted by Gasteiger charge is 2.41. The predicted molar refractivity (Wildman–Crippen MR) is 305 cm³/mol. The predicted octanol–water partition coefficient (Wildman–Crippen LogP) is 14.8. The summed E-state index contributed by atoms with van der Waals surface area (Å²) in [7, 11) is 1.37. The fourth-order valence-electron chi connectivity index (χ4n) is 10.8. The normalized spacial score (nSPS) is 20.1. The topological polar surface area (TPSA) is 142 Å². The van der Waals surface area contributed by atoms with Crippen LogP contribution in [0.1, 0.15) is 185 Å². The summed E-state index contributed by atoms with van der Waals surface area (Å²) in [5.41, 5.74) is 11.1. The van der Waals surface area contributed by atoms with Gasteiger partial charge in [0.25, 0.3) is 5.91 Å². The number of ether oxygens (including phenoxy) is 2. The summed E-state index contributed by atoms with van der Waals surface area (Å²) < 4.78 is 11.3. The Hall–Kier alpha value is -5.58. The molecule has 11 heteroatoms. The van der Waals surface area contributed by atoms with Gasteiger partial charge in [-0.2, -0.15) is 0 Å². The van der Waals surface area contributed by atoms with Gasteiger partial charge in [0.05, 0.1) is 59.6 Å². The second-order valence-electron chi connectivity index (χ2n) is 21.9. The van der Waals surface area contributed by atoms with Gasteiger partial charge >= 0.3 is 11.9 Å². The Labute approximate surface area is 445 Å². The Kier molecular flexibility index (Phi) is 23.2. The van der Waals surface area contributed by atoms with Crippen LogP contribution in [0.2, 0.25) is 0 Å². The number of fused-ring (bicyclic) bond motifs is 5. The molecule has 5 rings (SSSR count). The Morgan fingerprint density at radius 1 is 0.811 bits per heavy atom. The molecule has 5 heterocycles. The second kappa shape index (κ2) is 28.9. The first kappa shape index (κ1) is 59.3. The van der Waals surface area contributed by atoms with E-state index in [1.807, 2.05) is 50.0 Å². The van der Waals surface area contributed by atoms with E-state index in [9.17, 15) is 14.7 Å². The number of methoxy groups -OCH3 is 1. The molecule has 0 saturated carbocycles. The third kappa shape index (κ3) is 15.5. The fourth-order valence-corrected chi connectivity index (χ4v) is 10.8. The van der Waals surface area contributed by atoms with Crippen molar-refractivity contribution in [3.63, 3.8) is 0 Å². The van der Waals surface area contributed by atoms with Gasteiger partial charge in [-0.25, -0.2) is 15.0 Å². The summed E-state index contributed by atoms with van der Waals surface area (Å²) in [6, 6.07) is 0. The molecule has 0 aromatic rings. The van der Waals surface area contributed by atoms with Crippen molar-refractivity contribution in [2.24, 2.45) is 44.6 Å². The van der Waals surface area contributed by atoms with Gasteiger partial charge in [0, 0.05) is 59.5 Å². The molecule has 0 radical (unpaired) electrons. The molecule has 1 saturated heterocycles. The van der Waals surface area contributed by atoms with Gasteiger partial charge in [0.1, 0.15) is 6.61 Å². The molecule has 0 aromatic heterocycles. The van der Waals surface area contributed by atoms with Crippen LogP contribution in [0, 0.1) is 29.6 Å². The van der Waals surface area contributed by atoms with Crippen LogP contribution in [0.5, 0.6) is 0 Å². The molecule has 5 aliphatic rings. The van der Waals surface area contributed by atoms with Gasteiger partial charge in [-0.1, -0.05) is 131 Å². The molecule has 0 aromatic carbocycles. The zero-order valence-corrected chi connectivity index (χ0v) is 47.5. The maximum absolute atomic E-state index is 15.2. The third-order valence-corrected chi connectivity index (χ3v) is 15.7.